The van der Waals surface area contributed by atoms with Crippen molar-refractivity contribution in [3.8, 4) is 0 Å². The summed E-state index contributed by atoms with van der Waals surface area (Å²) in [5.74, 6) is -1.22. The van der Waals surface area contributed by atoms with Crippen molar-refractivity contribution in [1.29, 1.82) is 0 Å². The second-order valence-electron chi connectivity index (χ2n) is 3.59. The van der Waals surface area contributed by atoms with E-state index in [-0.39, 0.29) is 12.2 Å². The summed E-state index contributed by atoms with van der Waals surface area (Å²) < 4.78 is 0. The zero-order chi connectivity index (χ0) is 11.8. The lowest BCUT2D eigenvalue weighted by Gasteiger charge is -2.20. The molecule has 0 radical (unpaired) electrons. The van der Waals surface area contributed by atoms with Crippen molar-refractivity contribution in [3.05, 3.63) is 0 Å². The molecule has 0 aliphatic heterocycles. The summed E-state index contributed by atoms with van der Waals surface area (Å²) in [4.78, 5) is 10.7. The molecule has 0 saturated carbocycles. The summed E-state index contributed by atoms with van der Waals surface area (Å²) in [6.45, 7) is 0.509. The van der Waals surface area contributed by atoms with Crippen molar-refractivity contribution < 1.29 is 19.9 Å². The summed E-state index contributed by atoms with van der Waals surface area (Å²) in [7, 11) is 0.393. The topological polar surface area (TPSA) is 116 Å². The number of hydrogen-bond acceptors (Lipinski definition) is 5. The van der Waals surface area contributed by atoms with Gasteiger partial charge in [0.1, 0.15) is 6.04 Å². The van der Waals surface area contributed by atoms with Crippen LogP contribution < -0.4 is 11.1 Å². The molecule has 0 aliphatic rings. The molecule has 0 amide bonds. The molecule has 0 fully saturated rings. The van der Waals surface area contributed by atoms with Crippen molar-refractivity contribution in [2.75, 3.05) is 13.6 Å². The van der Waals surface area contributed by atoms with Gasteiger partial charge in [0.15, 0.2) is 0 Å². The third kappa shape index (κ3) is 6.45. The summed E-state index contributed by atoms with van der Waals surface area (Å²) in [5.41, 5.74) is 5.50. The number of nitrogens with one attached hydrogen (secondary N) is 1. The van der Waals surface area contributed by atoms with Crippen LogP contribution in [0.3, 0.4) is 0 Å². The van der Waals surface area contributed by atoms with E-state index in [0.29, 0.717) is 19.4 Å². The minimum Gasteiger partial charge on any atom is -0.480 e. The minimum absolute atomic E-state index is 0.189. The number of hydrogen-bond donors (Lipinski definition) is 5. The Hall–Kier alpha value is -0.625. The van der Waals surface area contributed by atoms with Gasteiger partial charge in [-0.2, -0.15) is 0 Å². The van der Waals surface area contributed by atoms with Gasteiger partial charge >= 0.3 is 13.1 Å². The van der Waals surface area contributed by atoms with E-state index in [1.54, 1.807) is 7.05 Å². The molecular formula is C8H19BN2O4. The average molecular weight is 218 g/mol. The molecule has 0 bridgehead atoms. The van der Waals surface area contributed by atoms with Gasteiger partial charge in [0.2, 0.25) is 0 Å². The lowest BCUT2D eigenvalue weighted by molar-refractivity contribution is -0.139. The van der Waals surface area contributed by atoms with Crippen LogP contribution in [0.1, 0.15) is 12.8 Å². The van der Waals surface area contributed by atoms with Crippen LogP contribution in [0.2, 0.25) is 6.32 Å². The van der Waals surface area contributed by atoms with Crippen molar-refractivity contribution in [1.82, 2.24) is 5.32 Å². The zero-order valence-corrected chi connectivity index (χ0v) is 8.89. The van der Waals surface area contributed by atoms with Crippen molar-refractivity contribution in [3.63, 3.8) is 0 Å². The fraction of sp³-hybridized carbons (Fsp3) is 0.875. The van der Waals surface area contributed by atoms with Gasteiger partial charge < -0.3 is 26.2 Å². The molecule has 0 spiro atoms. The lowest BCUT2D eigenvalue weighted by atomic mass is 9.81. The molecule has 0 aromatic rings. The molecule has 7 heteroatoms. The first-order chi connectivity index (χ1) is 6.99. The van der Waals surface area contributed by atoms with Gasteiger partial charge in [-0.3, -0.25) is 4.79 Å². The Balaban J connectivity index is 3.98. The van der Waals surface area contributed by atoms with Gasteiger partial charge in [0.05, 0.1) is 0 Å². The Bertz CT molecular complexity index is 191. The number of carboxylic acids is 1. The maximum Gasteiger partial charge on any atom is 0.451 e. The predicted octanol–water partition coefficient (Wildman–Crippen LogP) is -1.51. The molecule has 6 nitrogen and oxygen atoms in total. The molecule has 0 aromatic heterocycles. The number of carbonyl (C=O) groups is 1. The molecule has 0 saturated heterocycles. The van der Waals surface area contributed by atoms with E-state index >= 15 is 0 Å². The van der Waals surface area contributed by atoms with Gasteiger partial charge in [0.25, 0.3) is 0 Å². The fourth-order valence-electron chi connectivity index (χ4n) is 1.44. The maximum atomic E-state index is 10.7. The van der Waals surface area contributed by atoms with Crippen molar-refractivity contribution in [2.45, 2.75) is 25.2 Å². The smallest absolute Gasteiger partial charge is 0.451 e. The Morgan fingerprint density at radius 1 is 1.53 bits per heavy atom. The second-order valence-corrected chi connectivity index (χ2v) is 3.59. The third-order valence-corrected chi connectivity index (χ3v) is 2.30. The van der Waals surface area contributed by atoms with Gasteiger partial charge in [-0.25, -0.2) is 0 Å². The fourth-order valence-corrected chi connectivity index (χ4v) is 1.44. The van der Waals surface area contributed by atoms with Crippen LogP contribution in [0.25, 0.3) is 0 Å². The Morgan fingerprint density at radius 2 is 2.13 bits per heavy atom. The highest BCUT2D eigenvalue weighted by Crippen LogP contribution is 2.12. The van der Waals surface area contributed by atoms with Crippen LogP contribution in [0.4, 0.5) is 0 Å². The van der Waals surface area contributed by atoms with Gasteiger partial charge in [-0.05, 0) is 32.3 Å². The maximum absolute atomic E-state index is 10.7. The van der Waals surface area contributed by atoms with Crippen LogP contribution >= 0.6 is 0 Å². The first kappa shape index (κ1) is 14.4. The SMILES string of the molecule is CNC[C@@H](CCCB(O)O)[C@H](N)C(=O)O. The van der Waals surface area contributed by atoms with E-state index in [2.05, 4.69) is 5.32 Å². The average Bonchev–Trinajstić information content (AvgIpc) is 2.14. The molecule has 2 atom stereocenters. The predicted molar refractivity (Wildman–Crippen MR) is 57.3 cm³/mol. The van der Waals surface area contributed by atoms with Crippen molar-refractivity contribution >= 4 is 13.1 Å². The summed E-state index contributed by atoms with van der Waals surface area (Å²) in [6, 6.07) is -0.909. The van der Waals surface area contributed by atoms with Gasteiger partial charge in [-0.15, -0.1) is 0 Å². The molecule has 0 heterocycles. The van der Waals surface area contributed by atoms with Gasteiger partial charge in [-0.1, -0.05) is 6.42 Å². The highest BCUT2D eigenvalue weighted by atomic mass is 16.4. The van der Waals surface area contributed by atoms with E-state index in [4.69, 9.17) is 20.9 Å². The van der Waals surface area contributed by atoms with E-state index in [0.717, 1.165) is 0 Å². The molecule has 0 aromatic carbocycles. The molecular weight excluding hydrogens is 199 g/mol. The Morgan fingerprint density at radius 3 is 2.53 bits per heavy atom. The zero-order valence-electron chi connectivity index (χ0n) is 8.89. The number of rotatable bonds is 8. The number of nitrogens with two attached hydrogens (primary N) is 1. The third-order valence-electron chi connectivity index (χ3n) is 2.30. The molecule has 15 heavy (non-hydrogen) atoms. The van der Waals surface area contributed by atoms with Crippen LogP contribution in [0.15, 0.2) is 0 Å². The summed E-state index contributed by atoms with van der Waals surface area (Å²) >= 11 is 0. The van der Waals surface area contributed by atoms with Crippen LogP contribution in [0.5, 0.6) is 0 Å². The molecule has 6 N–H and O–H groups in total. The van der Waals surface area contributed by atoms with Crippen LogP contribution in [0, 0.1) is 5.92 Å². The van der Waals surface area contributed by atoms with E-state index < -0.39 is 19.1 Å². The largest absolute Gasteiger partial charge is 0.480 e. The quantitative estimate of drug-likeness (QED) is 0.316. The first-order valence-corrected chi connectivity index (χ1v) is 4.98. The van der Waals surface area contributed by atoms with E-state index in [1.807, 2.05) is 0 Å². The van der Waals surface area contributed by atoms with Gasteiger partial charge in [0, 0.05) is 0 Å². The van der Waals surface area contributed by atoms with Crippen LogP contribution in [-0.4, -0.2) is 47.9 Å². The first-order valence-electron chi connectivity index (χ1n) is 4.98. The van der Waals surface area contributed by atoms with Crippen molar-refractivity contribution in [2.24, 2.45) is 11.7 Å². The van der Waals surface area contributed by atoms with Crippen LogP contribution in [-0.2, 0) is 4.79 Å². The Labute approximate surface area is 89.6 Å². The molecule has 88 valence electrons. The van der Waals surface area contributed by atoms with E-state index in [1.165, 1.54) is 0 Å². The number of aliphatic carboxylic acids is 1. The lowest BCUT2D eigenvalue weighted by Crippen LogP contribution is -2.42. The minimum atomic E-state index is -1.33. The number of carboxylic acid groups (broad SMARTS) is 1. The second kappa shape index (κ2) is 7.64. The standard InChI is InChI=1S/C8H19BN2O4/c1-11-5-6(7(10)8(12)13)3-2-4-9(14)15/h6-7,11,14-15H,2-5,10H2,1H3,(H,12,13)/t6-,7+/m1/s1. The molecule has 0 unspecified atom stereocenters. The highest BCUT2D eigenvalue weighted by molar-refractivity contribution is 6.40. The van der Waals surface area contributed by atoms with E-state index in [9.17, 15) is 4.79 Å². The monoisotopic (exact) mass is 218 g/mol. The summed E-state index contributed by atoms with van der Waals surface area (Å²) in [5, 5.41) is 28.9. The highest BCUT2D eigenvalue weighted by Gasteiger charge is 2.23. The Kier molecular flexibility index (Phi) is 7.32. The summed E-state index contributed by atoms with van der Waals surface area (Å²) in [6.07, 6.45) is 1.35. The molecule has 0 aliphatic carbocycles. The molecule has 0 rings (SSSR count). The normalized spacial score (nSPS) is 14.7.